The molecule has 2 heterocycles. The second kappa shape index (κ2) is 10.3. The lowest BCUT2D eigenvalue weighted by molar-refractivity contribution is -0.136. The summed E-state index contributed by atoms with van der Waals surface area (Å²) in [7, 11) is 1.54. The molecule has 0 aliphatic rings. The van der Waals surface area contributed by atoms with Gasteiger partial charge in [0.25, 0.3) is 0 Å². The van der Waals surface area contributed by atoms with Gasteiger partial charge >= 0.3 is 5.97 Å². The topological polar surface area (TPSA) is 86.5 Å². The maximum Gasteiger partial charge on any atom is 0.307 e. The van der Waals surface area contributed by atoms with E-state index in [1.165, 1.54) is 0 Å². The molecule has 3 rings (SSSR count). The first kappa shape index (κ1) is 22.6. The van der Waals surface area contributed by atoms with Crippen molar-refractivity contribution in [1.82, 2.24) is 14.8 Å². The highest BCUT2D eigenvalue weighted by atomic mass is 35.5. The zero-order valence-electron chi connectivity index (χ0n) is 17.8. The zero-order valence-corrected chi connectivity index (χ0v) is 18.6. The number of hydrogen-bond donors (Lipinski definition) is 1. The Morgan fingerprint density at radius 2 is 2.03 bits per heavy atom. The molecule has 1 N–H and O–H groups in total. The van der Waals surface area contributed by atoms with Gasteiger partial charge in [0.05, 0.1) is 30.9 Å². The average molecular weight is 444 g/mol. The van der Waals surface area contributed by atoms with Gasteiger partial charge in [-0.25, -0.2) is 9.67 Å². The van der Waals surface area contributed by atoms with E-state index in [0.29, 0.717) is 34.5 Å². The molecule has 0 aliphatic heterocycles. The monoisotopic (exact) mass is 443 g/mol. The molecule has 0 unspecified atom stereocenters. The van der Waals surface area contributed by atoms with Crippen LogP contribution in [0.2, 0.25) is 5.02 Å². The Morgan fingerprint density at radius 1 is 1.23 bits per heavy atom. The van der Waals surface area contributed by atoms with Crippen molar-refractivity contribution >= 4 is 17.6 Å². The highest BCUT2D eigenvalue weighted by Gasteiger charge is 2.16. The second-order valence-corrected chi connectivity index (χ2v) is 7.88. The van der Waals surface area contributed by atoms with Crippen LogP contribution in [0.25, 0.3) is 5.82 Å². The Balaban J connectivity index is 1.70. The third-order valence-corrected chi connectivity index (χ3v) is 5.00. The van der Waals surface area contributed by atoms with Crippen LogP contribution in [0.5, 0.6) is 11.5 Å². The van der Waals surface area contributed by atoms with Gasteiger partial charge in [-0.1, -0.05) is 37.6 Å². The van der Waals surface area contributed by atoms with Crippen LogP contribution in [0, 0.1) is 0 Å². The van der Waals surface area contributed by atoms with Crippen LogP contribution in [0.4, 0.5) is 0 Å². The summed E-state index contributed by atoms with van der Waals surface area (Å²) in [5.41, 5.74) is 2.73. The molecule has 0 saturated heterocycles. The number of carbonyl (C=O) groups is 1. The Kier molecular flexibility index (Phi) is 7.52. The Labute approximate surface area is 186 Å². The number of ether oxygens (including phenoxy) is 2. The lowest BCUT2D eigenvalue weighted by Gasteiger charge is -2.14. The first-order valence-electron chi connectivity index (χ1n) is 10.1. The van der Waals surface area contributed by atoms with Crippen LogP contribution in [0.15, 0.2) is 42.7 Å². The molecule has 0 saturated carbocycles. The molecule has 0 fully saturated rings. The number of pyridine rings is 1. The summed E-state index contributed by atoms with van der Waals surface area (Å²) in [5, 5.41) is 14.4. The van der Waals surface area contributed by atoms with Gasteiger partial charge in [-0.05, 0) is 42.5 Å². The number of methoxy groups -OCH3 is 1. The standard InChI is InChI=1S/C23H26ClN3O4/c1-15(2)22-17(14-27(26-22)20-10-9-18(24)13-25-20)7-5-11-31-23-16(12-21(28)29)6-4-8-19(23)30-3/h4,6,8-10,13-15H,5,7,11-12H2,1-3H3,(H,28,29). The number of halogens is 1. The van der Waals surface area contributed by atoms with Crippen molar-refractivity contribution < 1.29 is 19.4 Å². The molecule has 164 valence electrons. The normalized spacial score (nSPS) is 11.0. The van der Waals surface area contributed by atoms with E-state index in [1.807, 2.05) is 12.3 Å². The van der Waals surface area contributed by atoms with E-state index < -0.39 is 5.97 Å². The van der Waals surface area contributed by atoms with Gasteiger partial charge in [-0.3, -0.25) is 4.79 Å². The van der Waals surface area contributed by atoms with Gasteiger partial charge < -0.3 is 14.6 Å². The average Bonchev–Trinajstić information content (AvgIpc) is 3.16. The lowest BCUT2D eigenvalue weighted by Crippen LogP contribution is -2.07. The fraction of sp³-hybridized carbons (Fsp3) is 0.348. The Hall–Kier alpha value is -3.06. The second-order valence-electron chi connectivity index (χ2n) is 7.44. The first-order chi connectivity index (χ1) is 14.9. The molecule has 31 heavy (non-hydrogen) atoms. The van der Waals surface area contributed by atoms with Gasteiger partial charge in [0.2, 0.25) is 0 Å². The smallest absolute Gasteiger partial charge is 0.307 e. The van der Waals surface area contributed by atoms with Crippen LogP contribution in [-0.2, 0) is 17.6 Å². The molecule has 1 aromatic carbocycles. The van der Waals surface area contributed by atoms with Crippen molar-refractivity contribution in [1.29, 1.82) is 0 Å². The zero-order chi connectivity index (χ0) is 22.4. The van der Waals surface area contributed by atoms with Crippen molar-refractivity contribution in [2.24, 2.45) is 0 Å². The van der Waals surface area contributed by atoms with Gasteiger partial charge in [0.1, 0.15) is 0 Å². The summed E-state index contributed by atoms with van der Waals surface area (Å²) >= 11 is 5.93. The highest BCUT2D eigenvalue weighted by molar-refractivity contribution is 6.30. The molecule has 0 bridgehead atoms. The van der Waals surface area contributed by atoms with E-state index in [9.17, 15) is 4.79 Å². The molecule has 0 spiro atoms. The summed E-state index contributed by atoms with van der Waals surface area (Å²) in [6.45, 7) is 4.64. The number of nitrogens with zero attached hydrogens (tertiary/aromatic N) is 3. The van der Waals surface area contributed by atoms with Crippen molar-refractivity contribution in [3.63, 3.8) is 0 Å². The molecule has 3 aromatic rings. The fourth-order valence-corrected chi connectivity index (χ4v) is 3.46. The highest BCUT2D eigenvalue weighted by Crippen LogP contribution is 2.32. The number of rotatable bonds is 10. The van der Waals surface area contributed by atoms with E-state index in [4.69, 9.17) is 31.3 Å². The van der Waals surface area contributed by atoms with E-state index in [-0.39, 0.29) is 12.3 Å². The molecular formula is C23H26ClN3O4. The van der Waals surface area contributed by atoms with E-state index in [0.717, 1.165) is 24.1 Å². The number of aromatic nitrogens is 3. The third kappa shape index (κ3) is 5.76. The third-order valence-electron chi connectivity index (χ3n) is 4.77. The van der Waals surface area contributed by atoms with Crippen LogP contribution in [-0.4, -0.2) is 39.6 Å². The number of aryl methyl sites for hydroxylation is 1. The quantitative estimate of drug-likeness (QED) is 0.457. The predicted molar refractivity (Wildman–Crippen MR) is 119 cm³/mol. The number of carboxylic acid groups (broad SMARTS) is 1. The minimum Gasteiger partial charge on any atom is -0.493 e. The summed E-state index contributed by atoms with van der Waals surface area (Å²) in [4.78, 5) is 15.5. The number of carboxylic acids is 1. The van der Waals surface area contributed by atoms with Gasteiger partial charge in [-0.15, -0.1) is 0 Å². The van der Waals surface area contributed by atoms with Gasteiger partial charge in [0, 0.05) is 18.0 Å². The largest absolute Gasteiger partial charge is 0.493 e. The van der Waals surface area contributed by atoms with E-state index in [1.54, 1.807) is 42.3 Å². The number of aliphatic carboxylic acids is 1. The van der Waals surface area contributed by atoms with Crippen molar-refractivity contribution in [3.8, 4) is 17.3 Å². The van der Waals surface area contributed by atoms with Gasteiger partial charge in [0.15, 0.2) is 17.3 Å². The molecule has 0 amide bonds. The maximum atomic E-state index is 11.2. The maximum absolute atomic E-state index is 11.2. The van der Waals surface area contributed by atoms with Crippen LogP contribution >= 0.6 is 11.6 Å². The first-order valence-corrected chi connectivity index (χ1v) is 10.5. The number of para-hydroxylation sites is 1. The van der Waals surface area contributed by atoms with Crippen molar-refractivity contribution in [2.45, 2.75) is 39.0 Å². The minimum absolute atomic E-state index is 0.120. The lowest BCUT2D eigenvalue weighted by atomic mass is 10.0. The fourth-order valence-electron chi connectivity index (χ4n) is 3.35. The molecule has 0 aliphatic carbocycles. The molecule has 8 heteroatoms. The van der Waals surface area contributed by atoms with Crippen molar-refractivity contribution in [3.05, 3.63) is 64.6 Å². The molecule has 7 nitrogen and oxygen atoms in total. The van der Waals surface area contributed by atoms with Crippen LogP contribution < -0.4 is 9.47 Å². The van der Waals surface area contributed by atoms with Crippen LogP contribution in [0.3, 0.4) is 0 Å². The molecule has 2 aromatic heterocycles. The van der Waals surface area contributed by atoms with E-state index >= 15 is 0 Å². The predicted octanol–water partition coefficient (Wildman–Crippen LogP) is 4.69. The summed E-state index contributed by atoms with van der Waals surface area (Å²) in [5.74, 6) is 1.07. The Bertz CT molecular complexity index is 1030. The summed E-state index contributed by atoms with van der Waals surface area (Å²) in [6.07, 6.45) is 4.98. The van der Waals surface area contributed by atoms with Crippen molar-refractivity contribution in [2.75, 3.05) is 13.7 Å². The molecule has 0 radical (unpaired) electrons. The molecule has 0 atom stereocenters. The summed E-state index contributed by atoms with van der Waals surface area (Å²) < 4.78 is 13.1. The molecular weight excluding hydrogens is 418 g/mol. The Morgan fingerprint density at radius 3 is 2.68 bits per heavy atom. The minimum atomic E-state index is -0.914. The summed E-state index contributed by atoms with van der Waals surface area (Å²) in [6, 6.07) is 8.89. The number of hydrogen-bond acceptors (Lipinski definition) is 5. The van der Waals surface area contributed by atoms with Gasteiger partial charge in [-0.2, -0.15) is 5.10 Å². The van der Waals surface area contributed by atoms with Crippen LogP contribution in [0.1, 0.15) is 43.0 Å². The number of benzene rings is 1. The van der Waals surface area contributed by atoms with E-state index in [2.05, 4.69) is 18.8 Å². The SMILES string of the molecule is COc1cccc(CC(=O)O)c1OCCCc1cn(-c2ccc(Cl)cn2)nc1C(C)C.